The van der Waals surface area contributed by atoms with Gasteiger partial charge in [0.25, 0.3) is 0 Å². The highest BCUT2D eigenvalue weighted by Crippen LogP contribution is 2.40. The van der Waals surface area contributed by atoms with E-state index >= 15 is 0 Å². The summed E-state index contributed by atoms with van der Waals surface area (Å²) >= 11 is 0. The molecule has 22 heavy (non-hydrogen) atoms. The molecule has 1 nitrogen and oxygen atoms in total. The van der Waals surface area contributed by atoms with Crippen molar-refractivity contribution in [3.8, 4) is 0 Å². The maximum absolute atomic E-state index is 6.51. The van der Waals surface area contributed by atoms with E-state index in [1.807, 2.05) is 0 Å². The first-order chi connectivity index (χ1) is 10.7. The van der Waals surface area contributed by atoms with Crippen LogP contribution in [-0.2, 0) is 4.74 Å². The van der Waals surface area contributed by atoms with Gasteiger partial charge >= 0.3 is 0 Å². The molecule has 1 aliphatic rings. The lowest BCUT2D eigenvalue weighted by molar-refractivity contribution is 0.00242. The maximum Gasteiger partial charge on any atom is 0.0691 e. The quantitative estimate of drug-likeness (QED) is 0.746. The van der Waals surface area contributed by atoms with Gasteiger partial charge in [0.2, 0.25) is 0 Å². The summed E-state index contributed by atoms with van der Waals surface area (Å²) in [6, 6.07) is 21.6. The van der Waals surface area contributed by atoms with Crippen molar-refractivity contribution in [1.82, 2.24) is 0 Å². The van der Waals surface area contributed by atoms with E-state index < -0.39 is 0 Å². The summed E-state index contributed by atoms with van der Waals surface area (Å²) in [4.78, 5) is 0. The van der Waals surface area contributed by atoms with E-state index in [0.29, 0.717) is 23.9 Å². The van der Waals surface area contributed by atoms with Gasteiger partial charge in [-0.25, -0.2) is 0 Å². The van der Waals surface area contributed by atoms with E-state index in [4.69, 9.17) is 4.74 Å². The first-order valence-electron chi connectivity index (χ1n) is 8.42. The van der Waals surface area contributed by atoms with Gasteiger partial charge in [0, 0.05) is 5.92 Å². The largest absolute Gasteiger partial charge is 0.373 e. The molecule has 0 radical (unpaired) electrons. The molecule has 0 spiro atoms. The van der Waals surface area contributed by atoms with E-state index in [-0.39, 0.29) is 6.10 Å². The molecule has 0 unspecified atom stereocenters. The standard InChI is InChI=1S/C21H26O/c1-15(2)21-16(3)14-19(22-21)20(17-10-6-4-7-11-17)18-12-8-5-9-13-18/h4-13,15-16,19-21H,14H2,1-3H3/t16-,19+,21+/m0/s1. The minimum absolute atomic E-state index is 0.271. The molecule has 0 aromatic heterocycles. The molecule has 2 aromatic rings. The molecular formula is C21H26O. The Morgan fingerprint density at radius 3 is 1.77 bits per heavy atom. The molecule has 1 fully saturated rings. The highest BCUT2D eigenvalue weighted by Gasteiger charge is 2.39. The summed E-state index contributed by atoms with van der Waals surface area (Å²) < 4.78 is 6.51. The number of ether oxygens (including phenoxy) is 1. The Balaban J connectivity index is 1.94. The lowest BCUT2D eigenvalue weighted by Crippen LogP contribution is -2.24. The first-order valence-corrected chi connectivity index (χ1v) is 8.42. The van der Waals surface area contributed by atoms with Crippen LogP contribution in [-0.4, -0.2) is 12.2 Å². The molecule has 3 rings (SSSR count). The zero-order valence-electron chi connectivity index (χ0n) is 13.8. The molecule has 1 heterocycles. The number of benzene rings is 2. The van der Waals surface area contributed by atoms with Gasteiger partial charge < -0.3 is 4.74 Å². The van der Waals surface area contributed by atoms with Crippen LogP contribution in [0.2, 0.25) is 0 Å². The van der Waals surface area contributed by atoms with Crippen molar-refractivity contribution in [2.75, 3.05) is 0 Å². The van der Waals surface area contributed by atoms with Crippen LogP contribution in [0.15, 0.2) is 60.7 Å². The Hall–Kier alpha value is -1.60. The molecule has 2 aromatic carbocycles. The molecule has 3 atom stereocenters. The van der Waals surface area contributed by atoms with Gasteiger partial charge in [-0.1, -0.05) is 81.4 Å². The van der Waals surface area contributed by atoms with Crippen molar-refractivity contribution in [1.29, 1.82) is 0 Å². The third kappa shape index (κ3) is 3.10. The zero-order valence-corrected chi connectivity index (χ0v) is 13.8. The van der Waals surface area contributed by atoms with Crippen LogP contribution in [0, 0.1) is 11.8 Å². The van der Waals surface area contributed by atoms with Gasteiger partial charge in [-0.05, 0) is 29.4 Å². The maximum atomic E-state index is 6.51. The molecule has 0 N–H and O–H groups in total. The lowest BCUT2D eigenvalue weighted by atomic mass is 9.83. The molecule has 1 heteroatoms. The van der Waals surface area contributed by atoms with E-state index in [9.17, 15) is 0 Å². The van der Waals surface area contributed by atoms with Gasteiger partial charge in [0.05, 0.1) is 12.2 Å². The number of hydrogen-bond acceptors (Lipinski definition) is 1. The second-order valence-electron chi connectivity index (χ2n) is 6.90. The Labute approximate surface area is 134 Å². The monoisotopic (exact) mass is 294 g/mol. The second kappa shape index (κ2) is 6.66. The van der Waals surface area contributed by atoms with E-state index in [0.717, 1.165) is 6.42 Å². The van der Waals surface area contributed by atoms with Gasteiger partial charge in [-0.2, -0.15) is 0 Å². The highest BCUT2D eigenvalue weighted by molar-refractivity contribution is 5.34. The average molecular weight is 294 g/mol. The smallest absolute Gasteiger partial charge is 0.0691 e. The van der Waals surface area contributed by atoms with Gasteiger partial charge in [-0.3, -0.25) is 0 Å². The second-order valence-corrected chi connectivity index (χ2v) is 6.90. The van der Waals surface area contributed by atoms with Crippen LogP contribution in [0.4, 0.5) is 0 Å². The van der Waals surface area contributed by atoms with Crippen molar-refractivity contribution >= 4 is 0 Å². The average Bonchev–Trinajstić information content (AvgIpc) is 2.91. The predicted octanol–water partition coefficient (Wildman–Crippen LogP) is 5.27. The fourth-order valence-electron chi connectivity index (χ4n) is 3.86. The molecule has 116 valence electrons. The third-order valence-corrected chi connectivity index (χ3v) is 4.84. The van der Waals surface area contributed by atoms with E-state index in [1.54, 1.807) is 0 Å². The highest BCUT2D eigenvalue weighted by atomic mass is 16.5. The fraction of sp³-hybridized carbons (Fsp3) is 0.429. The Morgan fingerprint density at radius 1 is 0.864 bits per heavy atom. The summed E-state index contributed by atoms with van der Waals surface area (Å²) in [6.45, 7) is 6.87. The topological polar surface area (TPSA) is 9.23 Å². The van der Waals surface area contributed by atoms with Crippen LogP contribution in [0.3, 0.4) is 0 Å². The molecular weight excluding hydrogens is 268 g/mol. The van der Waals surface area contributed by atoms with Crippen LogP contribution >= 0.6 is 0 Å². The minimum Gasteiger partial charge on any atom is -0.373 e. The summed E-state index contributed by atoms with van der Waals surface area (Å²) in [6.07, 6.45) is 1.78. The Kier molecular flexibility index (Phi) is 4.63. The van der Waals surface area contributed by atoms with Crippen LogP contribution in [0.5, 0.6) is 0 Å². The normalized spacial score (nSPS) is 25.0. The Bertz CT molecular complexity index is 536. The summed E-state index contributed by atoms with van der Waals surface area (Å²) in [5.41, 5.74) is 2.71. The summed E-state index contributed by atoms with van der Waals surface area (Å²) in [5.74, 6) is 1.53. The predicted molar refractivity (Wildman–Crippen MR) is 92.0 cm³/mol. The van der Waals surface area contributed by atoms with Gasteiger partial charge in [0.15, 0.2) is 0 Å². The Morgan fingerprint density at radius 2 is 1.36 bits per heavy atom. The summed E-state index contributed by atoms with van der Waals surface area (Å²) in [7, 11) is 0. The van der Waals surface area contributed by atoms with E-state index in [2.05, 4.69) is 81.4 Å². The molecule has 0 saturated carbocycles. The van der Waals surface area contributed by atoms with Crippen molar-refractivity contribution in [3.05, 3.63) is 71.8 Å². The molecule has 1 aliphatic heterocycles. The zero-order chi connectivity index (χ0) is 15.5. The number of hydrogen-bond donors (Lipinski definition) is 0. The molecule has 0 bridgehead atoms. The molecule has 1 saturated heterocycles. The molecule has 0 amide bonds. The summed E-state index contributed by atoms with van der Waals surface area (Å²) in [5, 5.41) is 0. The minimum atomic E-state index is 0.271. The SMILES string of the molecule is CC(C)[C@H]1O[C@@H](C(c2ccccc2)c2ccccc2)C[C@@H]1C. The third-order valence-electron chi connectivity index (χ3n) is 4.84. The number of rotatable bonds is 4. The van der Waals surface area contributed by atoms with Gasteiger partial charge in [-0.15, -0.1) is 0 Å². The van der Waals surface area contributed by atoms with Gasteiger partial charge in [0.1, 0.15) is 0 Å². The van der Waals surface area contributed by atoms with Crippen molar-refractivity contribution in [2.24, 2.45) is 11.8 Å². The van der Waals surface area contributed by atoms with E-state index in [1.165, 1.54) is 11.1 Å². The van der Waals surface area contributed by atoms with Crippen LogP contribution in [0.1, 0.15) is 44.2 Å². The molecule has 0 aliphatic carbocycles. The van der Waals surface area contributed by atoms with Crippen LogP contribution < -0.4 is 0 Å². The van der Waals surface area contributed by atoms with Crippen LogP contribution in [0.25, 0.3) is 0 Å². The lowest BCUT2D eigenvalue weighted by Gasteiger charge is -2.26. The first kappa shape index (κ1) is 15.3. The van der Waals surface area contributed by atoms with Crippen molar-refractivity contribution in [3.63, 3.8) is 0 Å². The van der Waals surface area contributed by atoms with Crippen molar-refractivity contribution in [2.45, 2.75) is 45.3 Å². The fourth-order valence-corrected chi connectivity index (χ4v) is 3.86. The van der Waals surface area contributed by atoms with Crippen molar-refractivity contribution < 1.29 is 4.74 Å².